The van der Waals surface area contributed by atoms with Crippen molar-refractivity contribution in [1.82, 2.24) is 0 Å². The van der Waals surface area contributed by atoms with Crippen LogP contribution in [0.5, 0.6) is 0 Å². The van der Waals surface area contributed by atoms with Crippen LogP contribution in [0.25, 0.3) is 0 Å². The monoisotopic (exact) mass is 158 g/mol. The molecule has 0 spiro atoms. The van der Waals surface area contributed by atoms with Crippen molar-refractivity contribution in [2.45, 2.75) is 26.4 Å². The van der Waals surface area contributed by atoms with Gasteiger partial charge in [-0.15, -0.1) is 0 Å². The van der Waals surface area contributed by atoms with Gasteiger partial charge >= 0.3 is 6.16 Å². The lowest BCUT2D eigenvalue weighted by atomic mass is 10.3. The predicted molar refractivity (Wildman–Crippen MR) is 42.4 cm³/mol. The Hall–Kier alpha value is -0.990. The Morgan fingerprint density at radius 2 is 2.27 bits per heavy atom. The van der Waals surface area contributed by atoms with E-state index in [0.29, 0.717) is 0 Å². The Morgan fingerprint density at radius 1 is 1.64 bits per heavy atom. The van der Waals surface area contributed by atoms with E-state index in [2.05, 4.69) is 4.74 Å². The number of carbonyl (C=O) groups excluding carboxylic acids is 1. The highest BCUT2D eigenvalue weighted by Gasteiger charge is 2.03. The molecule has 0 N–H and O–H groups in total. The summed E-state index contributed by atoms with van der Waals surface area (Å²) in [6, 6.07) is 0. The summed E-state index contributed by atoms with van der Waals surface area (Å²) in [6.07, 6.45) is 3.85. The van der Waals surface area contributed by atoms with Gasteiger partial charge in [0.15, 0.2) is 0 Å². The number of hydrogen-bond acceptors (Lipinski definition) is 3. The van der Waals surface area contributed by atoms with Crippen molar-refractivity contribution in [1.29, 1.82) is 0 Å². The molecule has 1 unspecified atom stereocenters. The maximum absolute atomic E-state index is 10.5. The summed E-state index contributed by atoms with van der Waals surface area (Å²) in [4.78, 5) is 10.5. The largest absolute Gasteiger partial charge is 0.508 e. The van der Waals surface area contributed by atoms with Gasteiger partial charge in [-0.3, -0.25) is 0 Å². The van der Waals surface area contributed by atoms with Gasteiger partial charge in [0.25, 0.3) is 0 Å². The van der Waals surface area contributed by atoms with E-state index >= 15 is 0 Å². The van der Waals surface area contributed by atoms with E-state index in [9.17, 15) is 4.79 Å². The fourth-order valence-corrected chi connectivity index (χ4v) is 0.567. The molecule has 0 fully saturated rings. The second-order valence-electron chi connectivity index (χ2n) is 2.11. The molecule has 0 aliphatic carbocycles. The minimum Gasteiger partial charge on any atom is -0.438 e. The molecule has 1 atom stereocenters. The Balaban J connectivity index is 3.59. The lowest BCUT2D eigenvalue weighted by Crippen LogP contribution is -2.12. The summed E-state index contributed by atoms with van der Waals surface area (Å²) < 4.78 is 9.06. The molecule has 0 aromatic heterocycles. The predicted octanol–water partition coefficient (Wildman–Crippen LogP) is 2.12. The molecule has 3 heteroatoms. The van der Waals surface area contributed by atoms with Crippen molar-refractivity contribution in [2.75, 3.05) is 7.11 Å². The first kappa shape index (κ1) is 10.0. The third kappa shape index (κ3) is 5.45. The second-order valence-corrected chi connectivity index (χ2v) is 2.11. The molecular formula is C8H14O3. The summed E-state index contributed by atoms with van der Waals surface area (Å²) in [5.41, 5.74) is 0. The van der Waals surface area contributed by atoms with Gasteiger partial charge in [0.1, 0.15) is 6.10 Å². The zero-order chi connectivity index (χ0) is 8.69. The summed E-state index contributed by atoms with van der Waals surface area (Å²) in [6.45, 7) is 3.80. The quantitative estimate of drug-likeness (QED) is 0.466. The topological polar surface area (TPSA) is 35.5 Å². The second kappa shape index (κ2) is 5.77. The normalized spacial score (nSPS) is 13.0. The van der Waals surface area contributed by atoms with Crippen molar-refractivity contribution in [2.24, 2.45) is 0 Å². The summed E-state index contributed by atoms with van der Waals surface area (Å²) >= 11 is 0. The first-order chi connectivity index (χ1) is 5.20. The number of ether oxygens (including phenoxy) is 2. The van der Waals surface area contributed by atoms with Gasteiger partial charge in [-0.05, 0) is 19.4 Å². The zero-order valence-electron chi connectivity index (χ0n) is 7.16. The van der Waals surface area contributed by atoms with Crippen LogP contribution < -0.4 is 0 Å². The van der Waals surface area contributed by atoms with Crippen molar-refractivity contribution >= 4 is 6.16 Å². The highest BCUT2D eigenvalue weighted by atomic mass is 16.7. The summed E-state index contributed by atoms with van der Waals surface area (Å²) in [5.74, 6) is 0. The molecule has 0 heterocycles. The zero-order valence-corrected chi connectivity index (χ0v) is 7.16. The molecule has 0 bridgehead atoms. The fourth-order valence-electron chi connectivity index (χ4n) is 0.567. The first-order valence-electron chi connectivity index (χ1n) is 3.62. The van der Waals surface area contributed by atoms with E-state index in [1.807, 2.05) is 19.1 Å². The van der Waals surface area contributed by atoms with E-state index in [0.717, 1.165) is 6.42 Å². The molecule has 0 saturated heterocycles. The maximum Gasteiger partial charge on any atom is 0.508 e. The average molecular weight is 158 g/mol. The van der Waals surface area contributed by atoms with Gasteiger partial charge < -0.3 is 9.47 Å². The molecule has 0 aliphatic heterocycles. The van der Waals surface area contributed by atoms with E-state index in [4.69, 9.17) is 4.74 Å². The molecule has 0 aliphatic rings. The van der Waals surface area contributed by atoms with E-state index in [-0.39, 0.29) is 6.10 Å². The minimum atomic E-state index is -0.641. The molecule has 0 rings (SSSR count). The van der Waals surface area contributed by atoms with Crippen LogP contribution in [-0.2, 0) is 9.47 Å². The molecule has 0 saturated carbocycles. The van der Waals surface area contributed by atoms with Crippen LogP contribution in [0.2, 0.25) is 0 Å². The number of rotatable bonds is 3. The fraction of sp³-hybridized carbons (Fsp3) is 0.625. The van der Waals surface area contributed by atoms with Gasteiger partial charge in [-0.1, -0.05) is 13.0 Å². The smallest absolute Gasteiger partial charge is 0.438 e. The molecule has 11 heavy (non-hydrogen) atoms. The van der Waals surface area contributed by atoms with Crippen LogP contribution in [-0.4, -0.2) is 19.4 Å². The van der Waals surface area contributed by atoms with Crippen LogP contribution in [0.3, 0.4) is 0 Å². The lowest BCUT2D eigenvalue weighted by molar-refractivity contribution is 0.0578. The molecular weight excluding hydrogens is 144 g/mol. The van der Waals surface area contributed by atoms with Gasteiger partial charge in [0.05, 0.1) is 7.11 Å². The van der Waals surface area contributed by atoms with Gasteiger partial charge in [-0.2, -0.15) is 0 Å². The Kier molecular flexibility index (Phi) is 5.25. The van der Waals surface area contributed by atoms with Crippen LogP contribution in [0.1, 0.15) is 20.3 Å². The number of hydrogen-bond donors (Lipinski definition) is 0. The Morgan fingerprint density at radius 3 is 2.73 bits per heavy atom. The third-order valence-electron chi connectivity index (χ3n) is 1.09. The highest BCUT2D eigenvalue weighted by Crippen LogP contribution is 1.95. The van der Waals surface area contributed by atoms with Crippen molar-refractivity contribution in [3.63, 3.8) is 0 Å². The van der Waals surface area contributed by atoms with Crippen LogP contribution in [0.4, 0.5) is 4.79 Å². The third-order valence-corrected chi connectivity index (χ3v) is 1.09. The van der Waals surface area contributed by atoms with Gasteiger partial charge in [-0.25, -0.2) is 4.79 Å². The van der Waals surface area contributed by atoms with Crippen LogP contribution in [0.15, 0.2) is 12.2 Å². The molecule has 0 amide bonds. The van der Waals surface area contributed by atoms with Crippen LogP contribution in [0, 0.1) is 0 Å². The summed E-state index contributed by atoms with van der Waals surface area (Å²) in [7, 11) is 1.29. The molecule has 0 aromatic rings. The average Bonchev–Trinajstić information content (AvgIpc) is 2.00. The number of methoxy groups -OCH3 is 1. The van der Waals surface area contributed by atoms with Crippen LogP contribution >= 0.6 is 0 Å². The minimum absolute atomic E-state index is 0.206. The Labute approximate surface area is 67.0 Å². The standard InChI is InChI=1S/C8H14O3/c1-4-5-6-7(2)11-8(9)10-3/h5-7H,4H2,1-3H3. The summed E-state index contributed by atoms with van der Waals surface area (Å²) in [5, 5.41) is 0. The lowest BCUT2D eigenvalue weighted by Gasteiger charge is -2.06. The maximum atomic E-state index is 10.5. The van der Waals surface area contributed by atoms with Crippen molar-refractivity contribution in [3.8, 4) is 0 Å². The van der Waals surface area contributed by atoms with Crippen molar-refractivity contribution < 1.29 is 14.3 Å². The molecule has 3 nitrogen and oxygen atoms in total. The number of allylic oxidation sites excluding steroid dienone is 1. The van der Waals surface area contributed by atoms with Crippen molar-refractivity contribution in [3.05, 3.63) is 12.2 Å². The molecule has 0 aromatic carbocycles. The van der Waals surface area contributed by atoms with E-state index in [1.165, 1.54) is 7.11 Å². The van der Waals surface area contributed by atoms with E-state index < -0.39 is 6.16 Å². The first-order valence-corrected chi connectivity index (χ1v) is 3.62. The highest BCUT2D eigenvalue weighted by molar-refractivity contribution is 5.59. The van der Waals surface area contributed by atoms with Gasteiger partial charge in [0, 0.05) is 0 Å². The Bertz CT molecular complexity index is 140. The molecule has 0 radical (unpaired) electrons. The van der Waals surface area contributed by atoms with Gasteiger partial charge in [0.2, 0.25) is 0 Å². The SMILES string of the molecule is CCC=CC(C)OC(=O)OC. The van der Waals surface area contributed by atoms with E-state index in [1.54, 1.807) is 6.92 Å². The molecule has 64 valence electrons. The number of carbonyl (C=O) groups is 1.